The maximum atomic E-state index is 11.9. The monoisotopic (exact) mass is 370 g/mol. The number of hydrogen-bond donors (Lipinski definition) is 2. The predicted molar refractivity (Wildman–Crippen MR) is 83.8 cm³/mol. The van der Waals surface area contributed by atoms with E-state index in [-0.39, 0.29) is 12.5 Å². The summed E-state index contributed by atoms with van der Waals surface area (Å²) in [5.74, 6) is -0.828. The first-order valence-electron chi connectivity index (χ1n) is 7.16. The summed E-state index contributed by atoms with van der Waals surface area (Å²) < 4.78 is 2.42. The minimum absolute atomic E-state index is 0.00894. The van der Waals surface area contributed by atoms with Crippen LogP contribution in [0.3, 0.4) is 0 Å². The minimum Gasteiger partial charge on any atom is -0.345 e. The Kier molecular flexibility index (Phi) is 5.59. The minimum atomic E-state index is -0.413. The summed E-state index contributed by atoms with van der Waals surface area (Å²) in [5.41, 5.74) is 5.11. The lowest BCUT2D eigenvalue weighted by Gasteiger charge is -2.19. The number of likely N-dealkylation sites (tertiary alicyclic amines) is 1. The van der Waals surface area contributed by atoms with Gasteiger partial charge in [-0.25, -0.2) is 0 Å². The van der Waals surface area contributed by atoms with E-state index in [0.29, 0.717) is 18.7 Å². The summed E-state index contributed by atoms with van der Waals surface area (Å²) in [5, 5.41) is 0. The molecule has 1 aromatic heterocycles. The van der Waals surface area contributed by atoms with Gasteiger partial charge in [0.05, 0.1) is 0 Å². The largest absolute Gasteiger partial charge is 0.345 e. The van der Waals surface area contributed by atoms with Crippen LogP contribution in [0.25, 0.3) is 0 Å². The molecule has 1 aromatic rings. The molecule has 120 valence electrons. The Morgan fingerprint density at radius 1 is 1.27 bits per heavy atom. The van der Waals surface area contributed by atoms with E-state index in [4.69, 9.17) is 0 Å². The molecule has 0 aromatic carbocycles. The number of rotatable bonds is 3. The molecule has 3 amide bonds. The molecule has 1 aliphatic heterocycles. The van der Waals surface area contributed by atoms with Crippen molar-refractivity contribution in [2.24, 2.45) is 7.05 Å². The number of aryl methyl sites for hydroxylation is 1. The number of hydrogen-bond acceptors (Lipinski definition) is 3. The van der Waals surface area contributed by atoms with Crippen LogP contribution in [0.4, 0.5) is 0 Å². The highest BCUT2D eigenvalue weighted by Gasteiger charge is 2.19. The smallest absolute Gasteiger partial charge is 0.286 e. The molecule has 2 heterocycles. The quantitative estimate of drug-likeness (QED) is 0.777. The van der Waals surface area contributed by atoms with Crippen molar-refractivity contribution in [2.75, 3.05) is 13.1 Å². The Morgan fingerprint density at radius 2 is 2.05 bits per heavy atom. The van der Waals surface area contributed by atoms with Crippen molar-refractivity contribution in [1.82, 2.24) is 20.3 Å². The lowest BCUT2D eigenvalue weighted by atomic mass is 10.2. The number of aromatic nitrogens is 1. The highest BCUT2D eigenvalue weighted by atomic mass is 79.9. The van der Waals surface area contributed by atoms with Crippen LogP contribution in [0.15, 0.2) is 16.7 Å². The summed E-state index contributed by atoms with van der Waals surface area (Å²) in [6.07, 6.45) is 5.01. The third-order valence-electron chi connectivity index (χ3n) is 3.53. The van der Waals surface area contributed by atoms with Crippen molar-refractivity contribution in [2.45, 2.75) is 25.7 Å². The molecular weight excluding hydrogens is 352 g/mol. The fraction of sp³-hybridized carbons (Fsp3) is 0.500. The lowest BCUT2D eigenvalue weighted by molar-refractivity contribution is -0.135. The molecule has 2 rings (SSSR count). The Balaban J connectivity index is 1.83. The zero-order valence-corrected chi connectivity index (χ0v) is 14.0. The van der Waals surface area contributed by atoms with Crippen molar-refractivity contribution in [3.8, 4) is 0 Å². The Hall–Kier alpha value is -1.83. The molecule has 0 aliphatic carbocycles. The van der Waals surface area contributed by atoms with Gasteiger partial charge in [0, 0.05) is 30.7 Å². The van der Waals surface area contributed by atoms with E-state index in [9.17, 15) is 14.4 Å². The molecule has 0 spiro atoms. The van der Waals surface area contributed by atoms with Crippen molar-refractivity contribution >= 4 is 33.7 Å². The zero-order chi connectivity index (χ0) is 16.1. The van der Waals surface area contributed by atoms with Crippen LogP contribution < -0.4 is 10.9 Å². The third kappa shape index (κ3) is 4.33. The number of hydrazine groups is 1. The van der Waals surface area contributed by atoms with Gasteiger partial charge in [-0.1, -0.05) is 6.42 Å². The van der Waals surface area contributed by atoms with Gasteiger partial charge in [-0.05, 0) is 34.8 Å². The van der Waals surface area contributed by atoms with Gasteiger partial charge in [-0.15, -0.1) is 0 Å². The topological polar surface area (TPSA) is 83.4 Å². The Morgan fingerprint density at radius 3 is 2.73 bits per heavy atom. The summed E-state index contributed by atoms with van der Waals surface area (Å²) in [7, 11) is 1.73. The lowest BCUT2D eigenvalue weighted by Crippen LogP contribution is -2.47. The van der Waals surface area contributed by atoms with E-state index in [2.05, 4.69) is 26.8 Å². The first-order valence-corrected chi connectivity index (χ1v) is 7.95. The molecular formula is C14H19BrN4O3. The number of carbonyl (C=O) groups excluding carboxylic acids is 3. The fourth-order valence-electron chi connectivity index (χ4n) is 2.36. The van der Waals surface area contributed by atoms with E-state index >= 15 is 0 Å². The second kappa shape index (κ2) is 7.44. The zero-order valence-electron chi connectivity index (χ0n) is 12.4. The molecule has 0 unspecified atom stereocenters. The highest BCUT2D eigenvalue weighted by Crippen LogP contribution is 2.13. The van der Waals surface area contributed by atoms with Crippen molar-refractivity contribution < 1.29 is 14.4 Å². The number of halogens is 1. The summed E-state index contributed by atoms with van der Waals surface area (Å²) in [6, 6.07) is 1.65. The van der Waals surface area contributed by atoms with Crippen molar-refractivity contribution in [3.63, 3.8) is 0 Å². The maximum absolute atomic E-state index is 11.9. The fourth-order valence-corrected chi connectivity index (χ4v) is 2.88. The van der Waals surface area contributed by atoms with Crippen LogP contribution in [0, 0.1) is 0 Å². The van der Waals surface area contributed by atoms with Gasteiger partial charge in [0.25, 0.3) is 11.8 Å². The molecule has 1 aliphatic rings. The molecule has 0 radical (unpaired) electrons. The first kappa shape index (κ1) is 16.5. The van der Waals surface area contributed by atoms with Crippen LogP contribution in [-0.4, -0.2) is 40.3 Å². The number of carbonyl (C=O) groups is 3. The van der Waals surface area contributed by atoms with Crippen molar-refractivity contribution in [1.29, 1.82) is 0 Å². The van der Waals surface area contributed by atoms with E-state index in [1.54, 1.807) is 23.9 Å². The van der Waals surface area contributed by atoms with Crippen LogP contribution >= 0.6 is 15.9 Å². The third-order valence-corrected chi connectivity index (χ3v) is 3.96. The standard InChI is InChI=1S/C14H19BrN4O3/c1-18-8-10(15)7-11(18)14(22)17-16-12(20)9-19-6-4-2-3-5-13(19)21/h7-8H,2-6,9H2,1H3,(H,16,20)(H,17,22). The van der Waals surface area contributed by atoms with Gasteiger partial charge in [0.2, 0.25) is 5.91 Å². The van der Waals surface area contributed by atoms with Crippen molar-refractivity contribution in [3.05, 3.63) is 22.4 Å². The Labute approximate surface area is 137 Å². The predicted octanol–water partition coefficient (Wildman–Crippen LogP) is 0.951. The summed E-state index contributed by atoms with van der Waals surface area (Å²) >= 11 is 3.28. The van der Waals surface area contributed by atoms with E-state index in [0.717, 1.165) is 23.7 Å². The SMILES string of the molecule is Cn1cc(Br)cc1C(=O)NNC(=O)CN1CCCCCC1=O. The molecule has 0 bridgehead atoms. The second-order valence-corrected chi connectivity index (χ2v) is 6.20. The number of nitrogens with one attached hydrogen (secondary N) is 2. The van der Waals surface area contributed by atoms with Gasteiger partial charge in [-0.2, -0.15) is 0 Å². The van der Waals surface area contributed by atoms with E-state index in [1.165, 1.54) is 4.90 Å². The molecule has 22 heavy (non-hydrogen) atoms. The van der Waals surface area contributed by atoms with Gasteiger partial charge >= 0.3 is 0 Å². The molecule has 1 fully saturated rings. The Bertz CT molecular complexity index is 585. The molecule has 0 saturated carbocycles. The maximum Gasteiger partial charge on any atom is 0.286 e. The van der Waals surface area contributed by atoms with E-state index in [1.807, 2.05) is 0 Å². The molecule has 0 atom stereocenters. The van der Waals surface area contributed by atoms with Gasteiger partial charge in [0.1, 0.15) is 12.2 Å². The first-order chi connectivity index (χ1) is 10.5. The average molecular weight is 371 g/mol. The molecule has 8 heteroatoms. The number of amides is 3. The van der Waals surface area contributed by atoms with Crippen LogP contribution in [0.2, 0.25) is 0 Å². The normalized spacial score (nSPS) is 15.4. The van der Waals surface area contributed by atoms with Crippen LogP contribution in [-0.2, 0) is 16.6 Å². The van der Waals surface area contributed by atoms with Gasteiger partial charge in [-0.3, -0.25) is 25.2 Å². The average Bonchev–Trinajstić information content (AvgIpc) is 2.68. The molecule has 7 nitrogen and oxygen atoms in total. The molecule has 2 N–H and O–H groups in total. The second-order valence-electron chi connectivity index (χ2n) is 5.28. The highest BCUT2D eigenvalue weighted by molar-refractivity contribution is 9.10. The number of nitrogens with zero attached hydrogens (tertiary/aromatic N) is 2. The summed E-state index contributed by atoms with van der Waals surface area (Å²) in [4.78, 5) is 37.1. The van der Waals surface area contributed by atoms with Gasteiger partial charge in [0.15, 0.2) is 0 Å². The van der Waals surface area contributed by atoms with Crippen LogP contribution in [0.1, 0.15) is 36.2 Å². The molecule has 1 saturated heterocycles. The summed E-state index contributed by atoms with van der Waals surface area (Å²) in [6.45, 7) is 0.556. The van der Waals surface area contributed by atoms with Gasteiger partial charge < -0.3 is 9.47 Å². The van der Waals surface area contributed by atoms with Crippen LogP contribution in [0.5, 0.6) is 0 Å². The van der Waals surface area contributed by atoms with E-state index < -0.39 is 11.8 Å².